The van der Waals surface area contributed by atoms with Crippen LogP contribution in [0.4, 0.5) is 0 Å². The largest absolute Gasteiger partial charge is 0.395 e. The van der Waals surface area contributed by atoms with Crippen molar-refractivity contribution >= 4 is 33.2 Å². The molecular formula is C10H12BrNO2S. The van der Waals surface area contributed by atoms with E-state index in [0.717, 1.165) is 3.79 Å². The maximum Gasteiger partial charge on any atom is 0.264 e. The Morgan fingerprint density at radius 3 is 2.87 bits per heavy atom. The molecule has 82 valence electrons. The second kappa shape index (κ2) is 6.05. The zero-order chi connectivity index (χ0) is 11.3. The van der Waals surface area contributed by atoms with E-state index >= 15 is 0 Å². The van der Waals surface area contributed by atoms with Crippen molar-refractivity contribution in [3.05, 3.63) is 33.5 Å². The van der Waals surface area contributed by atoms with Gasteiger partial charge in [-0.2, -0.15) is 0 Å². The van der Waals surface area contributed by atoms with Gasteiger partial charge in [-0.3, -0.25) is 4.79 Å². The van der Waals surface area contributed by atoms with Crippen molar-refractivity contribution < 1.29 is 9.90 Å². The van der Waals surface area contributed by atoms with Gasteiger partial charge in [0.25, 0.3) is 5.91 Å². The fraction of sp³-hybridized carbons (Fsp3) is 0.300. The van der Waals surface area contributed by atoms with Crippen molar-refractivity contribution in [2.24, 2.45) is 0 Å². The third-order valence-corrected chi connectivity index (χ3v) is 3.40. The minimum atomic E-state index is -0.0698. The molecule has 0 radical (unpaired) electrons. The highest BCUT2D eigenvalue weighted by atomic mass is 79.9. The number of halogens is 1. The minimum Gasteiger partial charge on any atom is -0.395 e. The van der Waals surface area contributed by atoms with Crippen LogP contribution in [0.15, 0.2) is 28.6 Å². The molecule has 1 N–H and O–H groups in total. The summed E-state index contributed by atoms with van der Waals surface area (Å²) in [4.78, 5) is 14.1. The van der Waals surface area contributed by atoms with Crippen LogP contribution < -0.4 is 0 Å². The molecule has 1 heterocycles. The van der Waals surface area contributed by atoms with Crippen LogP contribution in [0.5, 0.6) is 0 Å². The van der Waals surface area contributed by atoms with Gasteiger partial charge in [-0.15, -0.1) is 17.9 Å². The van der Waals surface area contributed by atoms with E-state index in [1.165, 1.54) is 11.3 Å². The van der Waals surface area contributed by atoms with Crippen LogP contribution in [0.1, 0.15) is 9.67 Å². The van der Waals surface area contributed by atoms with Crippen LogP contribution in [-0.4, -0.2) is 35.6 Å². The van der Waals surface area contributed by atoms with E-state index in [1.807, 2.05) is 6.07 Å². The Hall–Kier alpha value is -0.650. The standard InChI is InChI=1S/C10H12BrNO2S/c1-2-5-12(6-7-13)10(14)8-3-4-9(11)15-8/h2-4,13H,1,5-7H2. The summed E-state index contributed by atoms with van der Waals surface area (Å²) in [5.41, 5.74) is 0. The number of carbonyl (C=O) groups excluding carboxylic acids is 1. The smallest absolute Gasteiger partial charge is 0.264 e. The quantitative estimate of drug-likeness (QED) is 0.844. The number of thiophene rings is 1. The summed E-state index contributed by atoms with van der Waals surface area (Å²) in [5, 5.41) is 8.83. The van der Waals surface area contributed by atoms with E-state index in [-0.39, 0.29) is 12.5 Å². The molecule has 1 amide bonds. The zero-order valence-electron chi connectivity index (χ0n) is 8.15. The number of hydrogen-bond donors (Lipinski definition) is 1. The monoisotopic (exact) mass is 289 g/mol. The summed E-state index contributed by atoms with van der Waals surface area (Å²) < 4.78 is 0.924. The molecule has 0 bridgehead atoms. The highest BCUT2D eigenvalue weighted by Gasteiger charge is 2.15. The number of carbonyl (C=O) groups is 1. The molecule has 0 aliphatic carbocycles. The summed E-state index contributed by atoms with van der Waals surface area (Å²) in [6.07, 6.45) is 1.65. The number of aliphatic hydroxyl groups excluding tert-OH is 1. The first-order valence-corrected chi connectivity index (χ1v) is 6.06. The normalized spacial score (nSPS) is 10.0. The Morgan fingerprint density at radius 2 is 2.40 bits per heavy atom. The van der Waals surface area contributed by atoms with Gasteiger partial charge < -0.3 is 10.0 Å². The maximum atomic E-state index is 11.9. The summed E-state index contributed by atoms with van der Waals surface area (Å²) in [6.45, 7) is 4.33. The molecule has 0 unspecified atom stereocenters. The number of rotatable bonds is 5. The Labute approximate surface area is 101 Å². The molecule has 0 aliphatic rings. The van der Waals surface area contributed by atoms with Crippen molar-refractivity contribution in [2.75, 3.05) is 19.7 Å². The lowest BCUT2D eigenvalue weighted by molar-refractivity contribution is 0.0747. The minimum absolute atomic E-state index is 0.0356. The van der Waals surface area contributed by atoms with Crippen molar-refractivity contribution in [3.63, 3.8) is 0 Å². The average molecular weight is 290 g/mol. The zero-order valence-corrected chi connectivity index (χ0v) is 10.6. The fourth-order valence-corrected chi connectivity index (χ4v) is 2.49. The van der Waals surface area contributed by atoms with Gasteiger partial charge in [0, 0.05) is 13.1 Å². The molecule has 0 spiro atoms. The van der Waals surface area contributed by atoms with Gasteiger partial charge >= 0.3 is 0 Å². The van der Waals surface area contributed by atoms with Crippen molar-refractivity contribution in [1.29, 1.82) is 0 Å². The average Bonchev–Trinajstić information content (AvgIpc) is 2.63. The molecule has 5 heteroatoms. The van der Waals surface area contributed by atoms with Gasteiger partial charge in [-0.1, -0.05) is 6.08 Å². The van der Waals surface area contributed by atoms with E-state index in [9.17, 15) is 4.79 Å². The predicted molar refractivity (Wildman–Crippen MR) is 65.2 cm³/mol. The Morgan fingerprint density at radius 1 is 1.67 bits per heavy atom. The molecule has 0 fully saturated rings. The van der Waals surface area contributed by atoms with Crippen molar-refractivity contribution in [1.82, 2.24) is 4.90 Å². The van der Waals surface area contributed by atoms with Crippen molar-refractivity contribution in [3.8, 4) is 0 Å². The second-order valence-electron chi connectivity index (χ2n) is 2.87. The van der Waals surface area contributed by atoms with E-state index in [4.69, 9.17) is 5.11 Å². The van der Waals surface area contributed by atoms with Crippen molar-refractivity contribution in [2.45, 2.75) is 0 Å². The second-order valence-corrected chi connectivity index (χ2v) is 5.33. The molecule has 0 atom stereocenters. The summed E-state index contributed by atoms with van der Waals surface area (Å²) in [5.74, 6) is -0.0698. The molecule has 1 aromatic heterocycles. The number of hydrogen-bond acceptors (Lipinski definition) is 3. The molecule has 1 aromatic rings. The summed E-state index contributed by atoms with van der Waals surface area (Å²) in [7, 11) is 0. The highest BCUT2D eigenvalue weighted by molar-refractivity contribution is 9.11. The first-order chi connectivity index (χ1) is 7.19. The fourth-order valence-electron chi connectivity index (χ4n) is 1.14. The van der Waals surface area contributed by atoms with Gasteiger partial charge in [0.2, 0.25) is 0 Å². The van der Waals surface area contributed by atoms with Gasteiger partial charge in [0.05, 0.1) is 15.3 Å². The van der Waals surface area contributed by atoms with Crippen LogP contribution >= 0.6 is 27.3 Å². The molecular weight excluding hydrogens is 278 g/mol. The summed E-state index contributed by atoms with van der Waals surface area (Å²) >= 11 is 4.69. The lowest BCUT2D eigenvalue weighted by atomic mass is 10.3. The first-order valence-electron chi connectivity index (χ1n) is 4.45. The van der Waals surface area contributed by atoms with E-state index in [1.54, 1.807) is 17.0 Å². The Balaban J connectivity index is 2.75. The van der Waals surface area contributed by atoms with Gasteiger partial charge in [-0.25, -0.2) is 0 Å². The van der Waals surface area contributed by atoms with Crippen LogP contribution in [0.3, 0.4) is 0 Å². The molecule has 0 saturated heterocycles. The number of aliphatic hydroxyl groups is 1. The molecule has 0 aliphatic heterocycles. The Kier molecular flexibility index (Phi) is 5.01. The van der Waals surface area contributed by atoms with Gasteiger partial charge in [-0.05, 0) is 28.1 Å². The number of amides is 1. The van der Waals surface area contributed by atoms with Crippen LogP contribution in [0.25, 0.3) is 0 Å². The lowest BCUT2D eigenvalue weighted by Gasteiger charge is -2.18. The topological polar surface area (TPSA) is 40.5 Å². The van der Waals surface area contributed by atoms with Gasteiger partial charge in [0.15, 0.2) is 0 Å². The van der Waals surface area contributed by atoms with E-state index < -0.39 is 0 Å². The third-order valence-electron chi connectivity index (χ3n) is 1.79. The van der Waals surface area contributed by atoms with Crippen LogP contribution in [-0.2, 0) is 0 Å². The number of nitrogens with zero attached hydrogens (tertiary/aromatic N) is 1. The van der Waals surface area contributed by atoms with E-state index in [2.05, 4.69) is 22.5 Å². The first kappa shape index (κ1) is 12.4. The predicted octanol–water partition coefficient (Wildman–Crippen LogP) is 2.13. The highest BCUT2D eigenvalue weighted by Crippen LogP contribution is 2.23. The molecule has 3 nitrogen and oxygen atoms in total. The maximum absolute atomic E-state index is 11.9. The Bertz CT molecular complexity index is 351. The molecule has 1 rings (SSSR count). The van der Waals surface area contributed by atoms with Crippen LogP contribution in [0, 0.1) is 0 Å². The molecule has 15 heavy (non-hydrogen) atoms. The van der Waals surface area contributed by atoms with Gasteiger partial charge in [0.1, 0.15) is 0 Å². The van der Waals surface area contributed by atoms with Crippen LogP contribution in [0.2, 0.25) is 0 Å². The molecule has 0 saturated carbocycles. The third kappa shape index (κ3) is 3.44. The van der Waals surface area contributed by atoms with E-state index in [0.29, 0.717) is 18.0 Å². The SMILES string of the molecule is C=CCN(CCO)C(=O)c1ccc(Br)s1. The molecule has 0 aromatic carbocycles. The summed E-state index contributed by atoms with van der Waals surface area (Å²) in [6, 6.07) is 3.60. The lowest BCUT2D eigenvalue weighted by Crippen LogP contribution is -2.33.